The Morgan fingerprint density at radius 3 is 2.59 bits per heavy atom. The van der Waals surface area contributed by atoms with Crippen LogP contribution in [0.1, 0.15) is 27.2 Å². The number of ether oxygens (including phenoxy) is 1. The van der Waals surface area contributed by atoms with Crippen LogP contribution in [-0.4, -0.2) is 25.3 Å². The topological polar surface area (TPSA) is 92.9 Å². The fourth-order valence-corrected chi connectivity index (χ4v) is 2.82. The van der Waals surface area contributed by atoms with E-state index in [-0.39, 0.29) is 0 Å². The number of rotatable bonds is 5. The van der Waals surface area contributed by atoms with Gasteiger partial charge in [0.2, 0.25) is 0 Å². The first-order valence-corrected chi connectivity index (χ1v) is 8.93. The molecule has 0 saturated heterocycles. The van der Waals surface area contributed by atoms with Gasteiger partial charge in [-0.15, -0.1) is 0 Å². The summed E-state index contributed by atoms with van der Waals surface area (Å²) in [6.45, 7) is 3.73. The lowest BCUT2D eigenvalue weighted by atomic mass is 10.0. The molecule has 0 radical (unpaired) electrons. The highest BCUT2D eigenvalue weighted by molar-refractivity contribution is 5.93. The van der Waals surface area contributed by atoms with Gasteiger partial charge in [-0.2, -0.15) is 5.10 Å². The third-order valence-corrected chi connectivity index (χ3v) is 4.38. The first kappa shape index (κ1) is 19.9. The van der Waals surface area contributed by atoms with Crippen LogP contribution in [0.25, 0.3) is 11.3 Å². The third-order valence-electron chi connectivity index (χ3n) is 4.38. The molecule has 0 spiro atoms. The fraction of sp³-hybridized carbons (Fsp3) is 0.136. The summed E-state index contributed by atoms with van der Waals surface area (Å²) in [5.41, 5.74) is 6.07. The van der Waals surface area contributed by atoms with Crippen molar-refractivity contribution in [2.45, 2.75) is 13.8 Å². The predicted octanol–water partition coefficient (Wildman–Crippen LogP) is 4.51. The number of urea groups is 1. The van der Waals surface area contributed by atoms with E-state index in [2.05, 4.69) is 15.8 Å². The number of hydrogen-bond donors (Lipinski definition) is 2. The summed E-state index contributed by atoms with van der Waals surface area (Å²) in [6.07, 6.45) is 1.40. The first-order valence-electron chi connectivity index (χ1n) is 8.93. The maximum atomic E-state index is 11.9. The molecule has 2 aromatic carbocycles. The van der Waals surface area contributed by atoms with Gasteiger partial charge in [-0.05, 0) is 49.2 Å². The second kappa shape index (κ2) is 8.88. The van der Waals surface area contributed by atoms with Crippen molar-refractivity contribution in [3.63, 3.8) is 0 Å². The number of aryl methyl sites for hydroxylation is 1. The van der Waals surface area contributed by atoms with Gasteiger partial charge in [0.15, 0.2) is 0 Å². The summed E-state index contributed by atoms with van der Waals surface area (Å²) < 4.78 is 10.6. The van der Waals surface area contributed by atoms with Crippen LogP contribution in [0.15, 0.2) is 64.1 Å². The molecular weight excluding hydrogens is 370 g/mol. The monoisotopic (exact) mass is 391 g/mol. The zero-order valence-corrected chi connectivity index (χ0v) is 16.4. The number of carbonyl (C=O) groups is 2. The summed E-state index contributed by atoms with van der Waals surface area (Å²) in [5, 5.41) is 6.62. The Kier molecular flexibility index (Phi) is 6.09. The summed E-state index contributed by atoms with van der Waals surface area (Å²) in [7, 11) is 1.35. The zero-order valence-electron chi connectivity index (χ0n) is 16.4. The second-order valence-corrected chi connectivity index (χ2v) is 6.31. The molecule has 3 rings (SSSR count). The van der Waals surface area contributed by atoms with E-state index < -0.39 is 12.0 Å². The van der Waals surface area contributed by atoms with E-state index in [0.717, 1.165) is 16.7 Å². The Bertz CT molecular complexity index is 1070. The number of furan rings is 1. The van der Waals surface area contributed by atoms with Crippen molar-refractivity contribution >= 4 is 23.9 Å². The summed E-state index contributed by atoms with van der Waals surface area (Å²) in [6, 6.07) is 15.8. The summed E-state index contributed by atoms with van der Waals surface area (Å²) >= 11 is 0. The van der Waals surface area contributed by atoms with E-state index >= 15 is 0 Å². The standard InChI is InChI=1S/C22H21N3O4/c1-14-7-4-5-10-19(14)24-22(27)25-23-13-16-11-12-20(29-16)17-8-6-9-18(15(17)2)21(26)28-3/h4-13H,1-3H3,(H2,24,25,27). The molecule has 3 aromatic rings. The summed E-state index contributed by atoms with van der Waals surface area (Å²) in [5.74, 6) is 0.639. The average molecular weight is 391 g/mol. The smallest absolute Gasteiger partial charge is 0.339 e. The molecule has 2 N–H and O–H groups in total. The molecule has 2 amide bonds. The third kappa shape index (κ3) is 4.70. The van der Waals surface area contributed by atoms with Crippen LogP contribution in [0.5, 0.6) is 0 Å². The van der Waals surface area contributed by atoms with Crippen LogP contribution in [0.4, 0.5) is 10.5 Å². The minimum atomic E-state index is -0.455. The van der Waals surface area contributed by atoms with Crippen molar-refractivity contribution in [1.82, 2.24) is 5.43 Å². The van der Waals surface area contributed by atoms with Gasteiger partial charge >= 0.3 is 12.0 Å². The Morgan fingerprint density at radius 2 is 1.83 bits per heavy atom. The van der Waals surface area contributed by atoms with Crippen molar-refractivity contribution in [1.29, 1.82) is 0 Å². The quantitative estimate of drug-likeness (QED) is 0.380. The first-order chi connectivity index (χ1) is 14.0. The van der Waals surface area contributed by atoms with Gasteiger partial charge in [-0.25, -0.2) is 15.0 Å². The number of anilines is 1. The Labute approximate surface area is 168 Å². The number of carbonyl (C=O) groups excluding carboxylic acids is 2. The van der Waals surface area contributed by atoms with E-state index in [1.807, 2.05) is 44.2 Å². The molecule has 7 nitrogen and oxygen atoms in total. The molecule has 7 heteroatoms. The largest absolute Gasteiger partial charge is 0.465 e. The van der Waals surface area contributed by atoms with Crippen LogP contribution in [0.3, 0.4) is 0 Å². The fourth-order valence-electron chi connectivity index (χ4n) is 2.82. The Balaban J connectivity index is 1.67. The molecule has 29 heavy (non-hydrogen) atoms. The molecule has 0 aliphatic heterocycles. The van der Waals surface area contributed by atoms with E-state index in [4.69, 9.17) is 9.15 Å². The average Bonchev–Trinajstić information content (AvgIpc) is 3.18. The van der Waals surface area contributed by atoms with Gasteiger partial charge in [-0.3, -0.25) is 0 Å². The highest BCUT2D eigenvalue weighted by atomic mass is 16.5. The van der Waals surface area contributed by atoms with Crippen molar-refractivity contribution in [3.8, 4) is 11.3 Å². The number of benzene rings is 2. The van der Waals surface area contributed by atoms with Crippen LogP contribution >= 0.6 is 0 Å². The maximum absolute atomic E-state index is 11.9. The zero-order chi connectivity index (χ0) is 20.8. The van der Waals surface area contributed by atoms with Crippen LogP contribution in [0.2, 0.25) is 0 Å². The van der Waals surface area contributed by atoms with Gasteiger partial charge in [0, 0.05) is 11.3 Å². The molecule has 0 unspecified atom stereocenters. The van der Waals surface area contributed by atoms with E-state index in [1.54, 1.807) is 24.3 Å². The van der Waals surface area contributed by atoms with Crippen molar-refractivity contribution in [3.05, 3.63) is 77.0 Å². The Morgan fingerprint density at radius 1 is 1.03 bits per heavy atom. The molecule has 0 aliphatic carbocycles. The lowest BCUT2D eigenvalue weighted by Crippen LogP contribution is -2.24. The highest BCUT2D eigenvalue weighted by Crippen LogP contribution is 2.27. The number of methoxy groups -OCH3 is 1. The van der Waals surface area contributed by atoms with E-state index in [9.17, 15) is 9.59 Å². The normalized spacial score (nSPS) is 10.7. The molecule has 1 aromatic heterocycles. The minimum Gasteiger partial charge on any atom is -0.465 e. The minimum absolute atomic E-state index is 0.401. The van der Waals surface area contributed by atoms with Crippen LogP contribution in [-0.2, 0) is 4.74 Å². The van der Waals surface area contributed by atoms with E-state index in [0.29, 0.717) is 22.8 Å². The van der Waals surface area contributed by atoms with Crippen LogP contribution < -0.4 is 10.7 Å². The number of esters is 1. The lowest BCUT2D eigenvalue weighted by molar-refractivity contribution is 0.0600. The second-order valence-electron chi connectivity index (χ2n) is 6.31. The van der Waals surface area contributed by atoms with Crippen molar-refractivity contribution in [2.24, 2.45) is 5.10 Å². The van der Waals surface area contributed by atoms with Gasteiger partial charge in [0.1, 0.15) is 11.5 Å². The number of hydrogen-bond acceptors (Lipinski definition) is 5. The highest BCUT2D eigenvalue weighted by Gasteiger charge is 2.14. The van der Waals surface area contributed by atoms with Gasteiger partial charge < -0.3 is 14.5 Å². The van der Waals surface area contributed by atoms with Crippen molar-refractivity contribution in [2.75, 3.05) is 12.4 Å². The molecule has 148 valence electrons. The van der Waals surface area contributed by atoms with Gasteiger partial charge in [0.05, 0.1) is 18.9 Å². The molecule has 0 bridgehead atoms. The van der Waals surface area contributed by atoms with Gasteiger partial charge in [-0.1, -0.05) is 30.3 Å². The number of hydrazone groups is 1. The predicted molar refractivity (Wildman–Crippen MR) is 111 cm³/mol. The molecule has 0 fully saturated rings. The molecular formula is C22H21N3O4. The summed E-state index contributed by atoms with van der Waals surface area (Å²) in [4.78, 5) is 23.8. The SMILES string of the molecule is COC(=O)c1cccc(-c2ccc(C=NNC(=O)Nc3ccccc3C)o2)c1C. The molecule has 0 atom stereocenters. The Hall–Kier alpha value is -3.87. The molecule has 0 saturated carbocycles. The number of nitrogens with one attached hydrogen (secondary N) is 2. The maximum Gasteiger partial charge on any atom is 0.339 e. The number of nitrogens with zero attached hydrogens (tertiary/aromatic N) is 1. The van der Waals surface area contributed by atoms with Crippen molar-refractivity contribution < 1.29 is 18.7 Å². The van der Waals surface area contributed by atoms with E-state index in [1.165, 1.54) is 13.3 Å². The molecule has 1 heterocycles. The number of amides is 2. The molecule has 0 aliphatic rings. The number of para-hydroxylation sites is 1. The van der Waals surface area contributed by atoms with Crippen LogP contribution in [0, 0.1) is 13.8 Å². The van der Waals surface area contributed by atoms with Gasteiger partial charge in [0.25, 0.3) is 0 Å². The lowest BCUT2D eigenvalue weighted by Gasteiger charge is -2.07.